The number of carbonyl (C=O) groups is 1. The van der Waals surface area contributed by atoms with Crippen LogP contribution in [0, 0.1) is 0 Å². The summed E-state index contributed by atoms with van der Waals surface area (Å²) in [4.78, 5) is 15.5. The second-order valence-corrected chi connectivity index (χ2v) is 3.81. The molecule has 1 rings (SSSR count). The first-order valence-electron chi connectivity index (χ1n) is 6.13. The van der Waals surface area contributed by atoms with Crippen molar-refractivity contribution in [2.75, 3.05) is 13.2 Å². The van der Waals surface area contributed by atoms with Gasteiger partial charge in [0.2, 0.25) is 0 Å². The third kappa shape index (κ3) is 4.20. The van der Waals surface area contributed by atoms with Crippen LogP contribution in [0.4, 0.5) is 0 Å². The normalized spacial score (nSPS) is 9.89. The van der Waals surface area contributed by atoms with E-state index in [9.17, 15) is 4.79 Å². The van der Waals surface area contributed by atoms with Crippen LogP contribution in [-0.4, -0.2) is 24.2 Å². The molecule has 4 heteroatoms. The number of ether oxygens (including phenoxy) is 2. The maximum absolute atomic E-state index is 11.5. The maximum Gasteiger partial charge on any atom is 0.339 e. The van der Waals surface area contributed by atoms with Crippen molar-refractivity contribution in [3.8, 4) is 0 Å². The fraction of sp³-hybridized carbons (Fsp3) is 0.429. The molecule has 0 aromatic carbocycles. The highest BCUT2D eigenvalue weighted by atomic mass is 16.5. The van der Waals surface area contributed by atoms with Crippen LogP contribution in [-0.2, 0) is 9.47 Å². The van der Waals surface area contributed by atoms with Crippen LogP contribution in [0.1, 0.15) is 42.6 Å². The van der Waals surface area contributed by atoms with Gasteiger partial charge in [-0.3, -0.25) is 4.98 Å². The van der Waals surface area contributed by atoms with Gasteiger partial charge in [-0.25, -0.2) is 4.79 Å². The number of hydrogen-bond acceptors (Lipinski definition) is 4. The van der Waals surface area contributed by atoms with Crippen molar-refractivity contribution in [2.24, 2.45) is 0 Å². The van der Waals surface area contributed by atoms with E-state index in [1.165, 1.54) is 6.20 Å². The molecule has 98 valence electrons. The number of rotatable bonds is 7. The van der Waals surface area contributed by atoms with Crippen molar-refractivity contribution in [3.63, 3.8) is 0 Å². The van der Waals surface area contributed by atoms with E-state index in [0.717, 1.165) is 12.8 Å². The summed E-state index contributed by atoms with van der Waals surface area (Å²) < 4.78 is 10.4. The molecular formula is C14H19NO3. The Morgan fingerprint density at radius 1 is 1.28 bits per heavy atom. The van der Waals surface area contributed by atoms with Gasteiger partial charge in [-0.2, -0.15) is 0 Å². The van der Waals surface area contributed by atoms with Crippen LogP contribution in [0.15, 0.2) is 25.0 Å². The summed E-state index contributed by atoms with van der Waals surface area (Å²) in [6, 6.07) is 1.68. The van der Waals surface area contributed by atoms with Crippen LogP contribution in [0.5, 0.6) is 0 Å². The molecule has 4 nitrogen and oxygen atoms in total. The third-order valence-corrected chi connectivity index (χ3v) is 2.35. The molecule has 0 atom stereocenters. The van der Waals surface area contributed by atoms with Crippen LogP contribution in [0.25, 0.3) is 5.76 Å². The Bertz CT molecular complexity index is 415. The Hall–Kier alpha value is -1.84. The van der Waals surface area contributed by atoms with Gasteiger partial charge in [-0.05, 0) is 19.4 Å². The first-order valence-corrected chi connectivity index (χ1v) is 6.13. The molecule has 0 amide bonds. The van der Waals surface area contributed by atoms with Gasteiger partial charge in [0, 0.05) is 18.0 Å². The summed E-state index contributed by atoms with van der Waals surface area (Å²) in [5, 5.41) is 0. The quantitative estimate of drug-likeness (QED) is 0.423. The van der Waals surface area contributed by atoms with Crippen molar-refractivity contribution in [3.05, 3.63) is 36.2 Å². The predicted octanol–water partition coefficient (Wildman–Crippen LogP) is 3.05. The summed E-state index contributed by atoms with van der Waals surface area (Å²) in [6.45, 7) is 8.66. The van der Waals surface area contributed by atoms with Gasteiger partial charge in [0.05, 0.1) is 18.8 Å². The van der Waals surface area contributed by atoms with Gasteiger partial charge >= 0.3 is 5.97 Å². The summed E-state index contributed by atoms with van der Waals surface area (Å²) >= 11 is 0. The standard InChI is InChI=1S/C14H19NO3/c1-4-6-7-18-11(3)12-8-13(10-15-9-12)14(16)17-5-2/h8-10H,3-7H2,1-2H3. The maximum atomic E-state index is 11.5. The minimum Gasteiger partial charge on any atom is -0.494 e. The number of unbranched alkanes of at least 4 members (excludes halogenated alkanes) is 1. The minimum absolute atomic E-state index is 0.344. The van der Waals surface area contributed by atoms with Crippen molar-refractivity contribution < 1.29 is 14.3 Å². The number of pyridine rings is 1. The van der Waals surface area contributed by atoms with Gasteiger partial charge in [-0.1, -0.05) is 19.9 Å². The highest BCUT2D eigenvalue weighted by molar-refractivity contribution is 5.89. The SMILES string of the molecule is C=C(OCCCC)c1cncc(C(=O)OCC)c1. The van der Waals surface area contributed by atoms with E-state index < -0.39 is 0 Å². The molecule has 0 spiro atoms. The monoisotopic (exact) mass is 249 g/mol. The predicted molar refractivity (Wildman–Crippen MR) is 70.1 cm³/mol. The molecule has 1 aromatic rings. The first-order chi connectivity index (χ1) is 8.69. The number of nitrogens with zero attached hydrogens (tertiary/aromatic N) is 1. The summed E-state index contributed by atoms with van der Waals surface area (Å²) in [5.41, 5.74) is 1.12. The molecule has 0 saturated heterocycles. The van der Waals surface area contributed by atoms with E-state index in [0.29, 0.717) is 30.1 Å². The highest BCUT2D eigenvalue weighted by Crippen LogP contribution is 2.15. The van der Waals surface area contributed by atoms with Crippen LogP contribution < -0.4 is 0 Å². The largest absolute Gasteiger partial charge is 0.494 e. The van der Waals surface area contributed by atoms with Crippen molar-refractivity contribution in [1.82, 2.24) is 4.98 Å². The van der Waals surface area contributed by atoms with Crippen molar-refractivity contribution >= 4 is 11.7 Å². The van der Waals surface area contributed by atoms with E-state index in [4.69, 9.17) is 9.47 Å². The zero-order valence-corrected chi connectivity index (χ0v) is 10.9. The molecule has 0 aliphatic heterocycles. The molecule has 0 aliphatic rings. The number of esters is 1. The molecule has 18 heavy (non-hydrogen) atoms. The molecule has 0 N–H and O–H groups in total. The van der Waals surface area contributed by atoms with Gasteiger partial charge < -0.3 is 9.47 Å². The van der Waals surface area contributed by atoms with E-state index in [1.807, 2.05) is 0 Å². The third-order valence-electron chi connectivity index (χ3n) is 2.35. The highest BCUT2D eigenvalue weighted by Gasteiger charge is 2.09. The average molecular weight is 249 g/mol. The summed E-state index contributed by atoms with van der Waals surface area (Å²) in [5.74, 6) is 0.148. The molecule has 0 saturated carbocycles. The number of carbonyl (C=O) groups excluding carboxylic acids is 1. The summed E-state index contributed by atoms with van der Waals surface area (Å²) in [7, 11) is 0. The minimum atomic E-state index is -0.381. The second-order valence-electron chi connectivity index (χ2n) is 3.81. The number of aromatic nitrogens is 1. The lowest BCUT2D eigenvalue weighted by atomic mass is 10.2. The lowest BCUT2D eigenvalue weighted by Crippen LogP contribution is -2.06. The Kier molecular flexibility index (Phi) is 5.91. The smallest absolute Gasteiger partial charge is 0.339 e. The Morgan fingerprint density at radius 3 is 2.67 bits per heavy atom. The van der Waals surface area contributed by atoms with Gasteiger partial charge in [0.1, 0.15) is 5.76 Å². The molecular weight excluding hydrogens is 230 g/mol. The van der Waals surface area contributed by atoms with Crippen molar-refractivity contribution in [1.29, 1.82) is 0 Å². The van der Waals surface area contributed by atoms with E-state index in [1.54, 1.807) is 19.2 Å². The average Bonchev–Trinajstić information content (AvgIpc) is 2.39. The van der Waals surface area contributed by atoms with E-state index >= 15 is 0 Å². The molecule has 0 radical (unpaired) electrons. The van der Waals surface area contributed by atoms with Crippen LogP contribution in [0.3, 0.4) is 0 Å². The second kappa shape index (κ2) is 7.48. The van der Waals surface area contributed by atoms with Crippen LogP contribution >= 0.6 is 0 Å². The zero-order chi connectivity index (χ0) is 13.4. The lowest BCUT2D eigenvalue weighted by molar-refractivity contribution is 0.0526. The van der Waals surface area contributed by atoms with E-state index in [2.05, 4.69) is 18.5 Å². The fourth-order valence-electron chi connectivity index (χ4n) is 1.34. The van der Waals surface area contributed by atoms with Gasteiger partial charge in [-0.15, -0.1) is 0 Å². The van der Waals surface area contributed by atoms with E-state index in [-0.39, 0.29) is 5.97 Å². The Labute approximate surface area is 108 Å². The van der Waals surface area contributed by atoms with Gasteiger partial charge in [0.15, 0.2) is 0 Å². The molecule has 1 heterocycles. The fourth-order valence-corrected chi connectivity index (χ4v) is 1.34. The van der Waals surface area contributed by atoms with Crippen molar-refractivity contribution in [2.45, 2.75) is 26.7 Å². The molecule has 0 bridgehead atoms. The topological polar surface area (TPSA) is 48.4 Å². The molecule has 0 aliphatic carbocycles. The van der Waals surface area contributed by atoms with Crippen LogP contribution in [0.2, 0.25) is 0 Å². The molecule has 1 aromatic heterocycles. The Balaban J connectivity index is 2.69. The summed E-state index contributed by atoms with van der Waals surface area (Å²) in [6.07, 6.45) is 5.14. The number of hydrogen-bond donors (Lipinski definition) is 0. The zero-order valence-electron chi connectivity index (χ0n) is 10.9. The molecule has 0 fully saturated rings. The Morgan fingerprint density at radius 2 is 2.00 bits per heavy atom. The molecule has 0 unspecified atom stereocenters. The lowest BCUT2D eigenvalue weighted by Gasteiger charge is -2.09. The first kappa shape index (κ1) is 14.2. The van der Waals surface area contributed by atoms with Gasteiger partial charge in [0.25, 0.3) is 0 Å².